The Morgan fingerprint density at radius 3 is 3.08 bits per heavy atom. The molecule has 0 saturated carbocycles. The van der Waals surface area contributed by atoms with Crippen molar-refractivity contribution < 1.29 is 9.53 Å². The van der Waals surface area contributed by atoms with Crippen molar-refractivity contribution in [1.82, 2.24) is 4.98 Å². The molecule has 0 atom stereocenters. The molecule has 1 aromatic rings. The number of nitrogens with two attached hydrogens (primary N) is 1. The van der Waals surface area contributed by atoms with Crippen LogP contribution in [0.1, 0.15) is 5.69 Å². The first-order chi connectivity index (χ1) is 5.72. The highest BCUT2D eigenvalue weighted by Gasteiger charge is 2.05. The van der Waals surface area contributed by atoms with Gasteiger partial charge in [-0.05, 0) is 0 Å². The quantitative estimate of drug-likeness (QED) is 0.743. The second-order valence-corrected chi connectivity index (χ2v) is 3.22. The monoisotopic (exact) mass is 186 g/mol. The van der Waals surface area contributed by atoms with E-state index in [0.717, 1.165) is 5.69 Å². The number of anilines is 1. The molecule has 0 unspecified atom stereocenters. The number of thiazole rings is 1. The third-order valence-corrected chi connectivity index (χ3v) is 1.98. The molecule has 0 bridgehead atoms. The van der Waals surface area contributed by atoms with E-state index in [9.17, 15) is 4.79 Å². The van der Waals surface area contributed by atoms with Gasteiger partial charge in [-0.2, -0.15) is 0 Å². The van der Waals surface area contributed by atoms with Crippen LogP contribution < -0.4 is 5.73 Å². The molecule has 0 aliphatic carbocycles. The number of ether oxygens (including phenoxy) is 1. The molecular formula is C7H10N2O2S. The summed E-state index contributed by atoms with van der Waals surface area (Å²) in [6.07, 6.45) is 0.307. The number of hydrogen-bond donors (Lipinski definition) is 1. The van der Waals surface area contributed by atoms with Crippen molar-refractivity contribution in [1.29, 1.82) is 0 Å². The fourth-order valence-corrected chi connectivity index (χ4v) is 1.38. The number of hydrogen-bond acceptors (Lipinski definition) is 5. The molecule has 2 N–H and O–H groups in total. The van der Waals surface area contributed by atoms with Crippen molar-refractivity contribution in [3.05, 3.63) is 11.1 Å². The lowest BCUT2D eigenvalue weighted by molar-refractivity contribution is -0.122. The Hall–Kier alpha value is -0.940. The molecule has 0 spiro atoms. The van der Waals surface area contributed by atoms with Gasteiger partial charge in [0.05, 0.1) is 12.1 Å². The number of carbonyl (C=O) groups is 1. The molecule has 5 heteroatoms. The molecule has 0 aliphatic rings. The predicted molar refractivity (Wildman–Crippen MR) is 47.1 cm³/mol. The molecule has 4 nitrogen and oxygen atoms in total. The molecule has 0 radical (unpaired) electrons. The Kier molecular flexibility index (Phi) is 3.19. The van der Waals surface area contributed by atoms with Gasteiger partial charge in [0.25, 0.3) is 0 Å². The van der Waals surface area contributed by atoms with E-state index in [1.54, 1.807) is 5.38 Å². The predicted octanol–water partition coefficient (Wildman–Crippen LogP) is 0.483. The van der Waals surface area contributed by atoms with Crippen LogP contribution in [-0.2, 0) is 16.0 Å². The van der Waals surface area contributed by atoms with Gasteiger partial charge in [0.15, 0.2) is 10.9 Å². The summed E-state index contributed by atoms with van der Waals surface area (Å²) in [5.74, 6) is 0.0165. The first-order valence-electron chi connectivity index (χ1n) is 3.43. The summed E-state index contributed by atoms with van der Waals surface area (Å²) in [7, 11) is 1.49. The summed E-state index contributed by atoms with van der Waals surface area (Å²) >= 11 is 1.34. The van der Waals surface area contributed by atoms with E-state index in [1.165, 1.54) is 18.4 Å². The summed E-state index contributed by atoms with van der Waals surface area (Å²) in [6.45, 7) is 0.136. The van der Waals surface area contributed by atoms with E-state index in [1.807, 2.05) is 0 Å². The molecular weight excluding hydrogens is 176 g/mol. The largest absolute Gasteiger partial charge is 0.377 e. The molecule has 1 aromatic heterocycles. The van der Waals surface area contributed by atoms with E-state index < -0.39 is 0 Å². The van der Waals surface area contributed by atoms with Crippen LogP contribution in [0.15, 0.2) is 5.38 Å². The number of Topliss-reactive ketones (excluding diaryl/α,β-unsaturated/α-hetero) is 1. The lowest BCUT2D eigenvalue weighted by atomic mass is 10.2. The van der Waals surface area contributed by atoms with E-state index >= 15 is 0 Å². The summed E-state index contributed by atoms with van der Waals surface area (Å²) in [6, 6.07) is 0. The van der Waals surface area contributed by atoms with E-state index in [2.05, 4.69) is 9.72 Å². The van der Waals surface area contributed by atoms with Crippen LogP contribution in [0.4, 0.5) is 5.13 Å². The number of nitrogen functional groups attached to an aromatic ring is 1. The van der Waals surface area contributed by atoms with Crippen molar-refractivity contribution in [2.45, 2.75) is 6.42 Å². The van der Waals surface area contributed by atoms with Gasteiger partial charge in [0.2, 0.25) is 0 Å². The maximum absolute atomic E-state index is 11.0. The molecule has 0 fully saturated rings. The van der Waals surface area contributed by atoms with Crippen LogP contribution in [0.2, 0.25) is 0 Å². The molecule has 66 valence electrons. The van der Waals surface area contributed by atoms with Gasteiger partial charge in [0.1, 0.15) is 6.61 Å². The number of ketones is 1. The zero-order valence-corrected chi connectivity index (χ0v) is 7.56. The number of methoxy groups -OCH3 is 1. The van der Waals surface area contributed by atoms with Gasteiger partial charge in [-0.3, -0.25) is 4.79 Å². The Morgan fingerprint density at radius 1 is 1.83 bits per heavy atom. The first-order valence-corrected chi connectivity index (χ1v) is 4.31. The number of nitrogens with zero attached hydrogens (tertiary/aromatic N) is 1. The molecule has 1 rings (SSSR count). The fourth-order valence-electron chi connectivity index (χ4n) is 0.818. The van der Waals surface area contributed by atoms with E-state index in [-0.39, 0.29) is 12.4 Å². The van der Waals surface area contributed by atoms with Gasteiger partial charge in [-0.25, -0.2) is 4.98 Å². The topological polar surface area (TPSA) is 65.2 Å². The second-order valence-electron chi connectivity index (χ2n) is 2.33. The van der Waals surface area contributed by atoms with Crippen LogP contribution in [0.5, 0.6) is 0 Å². The van der Waals surface area contributed by atoms with Crippen LogP contribution in [-0.4, -0.2) is 24.5 Å². The molecule has 0 aromatic carbocycles. The Bertz CT molecular complexity index is 272. The Labute approximate surface area is 74.4 Å². The highest BCUT2D eigenvalue weighted by atomic mass is 32.1. The van der Waals surface area contributed by atoms with Crippen molar-refractivity contribution in [2.75, 3.05) is 19.5 Å². The SMILES string of the molecule is COCC(=O)Cc1csc(N)n1. The van der Waals surface area contributed by atoms with Crippen molar-refractivity contribution in [2.24, 2.45) is 0 Å². The van der Waals surface area contributed by atoms with Gasteiger partial charge in [-0.15, -0.1) is 11.3 Å². The van der Waals surface area contributed by atoms with E-state index in [4.69, 9.17) is 5.73 Å². The smallest absolute Gasteiger partial charge is 0.180 e. The third-order valence-electron chi connectivity index (χ3n) is 1.25. The summed E-state index contributed by atoms with van der Waals surface area (Å²) in [4.78, 5) is 15.0. The molecule has 1 heterocycles. The summed E-state index contributed by atoms with van der Waals surface area (Å²) < 4.78 is 4.68. The van der Waals surface area contributed by atoms with Crippen LogP contribution in [0.25, 0.3) is 0 Å². The van der Waals surface area contributed by atoms with Crippen molar-refractivity contribution in [3.63, 3.8) is 0 Å². The molecule has 0 saturated heterocycles. The van der Waals surface area contributed by atoms with Crippen LogP contribution >= 0.6 is 11.3 Å². The maximum Gasteiger partial charge on any atom is 0.180 e. The molecule has 0 amide bonds. The zero-order valence-electron chi connectivity index (χ0n) is 6.74. The number of rotatable bonds is 4. The minimum absolute atomic E-state index is 0.0165. The number of carbonyl (C=O) groups excluding carboxylic acids is 1. The maximum atomic E-state index is 11.0. The Morgan fingerprint density at radius 2 is 2.58 bits per heavy atom. The van der Waals surface area contributed by atoms with Gasteiger partial charge < -0.3 is 10.5 Å². The standard InChI is InChI=1S/C7H10N2O2S/c1-11-3-6(10)2-5-4-12-7(8)9-5/h4H,2-3H2,1H3,(H2,8,9). The van der Waals surface area contributed by atoms with Gasteiger partial charge in [0, 0.05) is 12.5 Å². The normalized spacial score (nSPS) is 10.1. The third kappa shape index (κ3) is 2.60. The molecule has 0 aliphatic heterocycles. The minimum Gasteiger partial charge on any atom is -0.377 e. The van der Waals surface area contributed by atoms with Crippen molar-refractivity contribution in [3.8, 4) is 0 Å². The summed E-state index contributed by atoms with van der Waals surface area (Å²) in [5, 5.41) is 2.28. The highest BCUT2D eigenvalue weighted by molar-refractivity contribution is 7.13. The average molecular weight is 186 g/mol. The van der Waals surface area contributed by atoms with Crippen LogP contribution in [0, 0.1) is 0 Å². The van der Waals surface area contributed by atoms with E-state index in [0.29, 0.717) is 11.6 Å². The lowest BCUT2D eigenvalue weighted by Gasteiger charge is -1.94. The molecule has 12 heavy (non-hydrogen) atoms. The average Bonchev–Trinajstić information content (AvgIpc) is 2.36. The minimum atomic E-state index is 0.0165. The highest BCUT2D eigenvalue weighted by Crippen LogP contribution is 2.11. The summed E-state index contributed by atoms with van der Waals surface area (Å²) in [5.41, 5.74) is 6.11. The van der Waals surface area contributed by atoms with Gasteiger partial charge >= 0.3 is 0 Å². The lowest BCUT2D eigenvalue weighted by Crippen LogP contribution is -2.09. The second kappa shape index (κ2) is 4.18. The zero-order chi connectivity index (χ0) is 8.97. The van der Waals surface area contributed by atoms with Gasteiger partial charge in [-0.1, -0.05) is 0 Å². The Balaban J connectivity index is 2.46. The van der Waals surface area contributed by atoms with Crippen LogP contribution in [0.3, 0.4) is 0 Å². The fraction of sp³-hybridized carbons (Fsp3) is 0.429. The number of aromatic nitrogens is 1. The first kappa shape index (κ1) is 9.15. The van der Waals surface area contributed by atoms with Crippen molar-refractivity contribution >= 4 is 22.3 Å².